The molecule has 2 rings (SSSR count). The van der Waals surface area contributed by atoms with Crippen LogP contribution in [0.15, 0.2) is 36.4 Å². The molecule has 4 nitrogen and oxygen atoms in total. The highest BCUT2D eigenvalue weighted by Crippen LogP contribution is 2.19. The van der Waals surface area contributed by atoms with Crippen molar-refractivity contribution < 1.29 is 18.3 Å². The minimum atomic E-state index is -0.965. The molecule has 2 aromatic rings. The van der Waals surface area contributed by atoms with E-state index in [0.717, 1.165) is 17.7 Å². The number of nitrogens with two attached hydrogens (primary N) is 1. The molecule has 0 aliphatic rings. The van der Waals surface area contributed by atoms with E-state index >= 15 is 0 Å². The summed E-state index contributed by atoms with van der Waals surface area (Å²) in [5.41, 5.74) is 5.79. The number of benzene rings is 2. The molecule has 6 heteroatoms. The van der Waals surface area contributed by atoms with Gasteiger partial charge in [-0.2, -0.15) is 0 Å². The van der Waals surface area contributed by atoms with E-state index in [1.54, 1.807) is 25.3 Å². The van der Waals surface area contributed by atoms with Gasteiger partial charge in [-0.15, -0.1) is 0 Å². The summed E-state index contributed by atoms with van der Waals surface area (Å²) >= 11 is 0. The number of anilines is 2. The Kier molecular flexibility index (Phi) is 4.49. The Labute approximate surface area is 120 Å². The van der Waals surface area contributed by atoms with Crippen molar-refractivity contribution in [3.8, 4) is 0 Å². The molecule has 2 aromatic carbocycles. The van der Waals surface area contributed by atoms with Crippen LogP contribution in [0.5, 0.6) is 0 Å². The number of methoxy groups -OCH3 is 1. The van der Waals surface area contributed by atoms with Gasteiger partial charge in [0, 0.05) is 18.4 Å². The molecule has 0 aromatic heterocycles. The molecule has 0 fully saturated rings. The zero-order chi connectivity index (χ0) is 15.4. The Morgan fingerprint density at radius 2 is 1.90 bits per heavy atom. The van der Waals surface area contributed by atoms with E-state index in [2.05, 4.69) is 5.32 Å². The number of nitrogen functional groups attached to an aromatic ring is 1. The summed E-state index contributed by atoms with van der Waals surface area (Å²) in [5.74, 6) is -2.55. The van der Waals surface area contributed by atoms with Gasteiger partial charge in [-0.3, -0.25) is 4.79 Å². The van der Waals surface area contributed by atoms with E-state index in [0.29, 0.717) is 12.3 Å². The maximum Gasteiger partial charge on any atom is 0.255 e. The Morgan fingerprint density at radius 3 is 2.52 bits per heavy atom. The van der Waals surface area contributed by atoms with Crippen molar-refractivity contribution >= 4 is 17.3 Å². The fourth-order valence-electron chi connectivity index (χ4n) is 1.82. The smallest absolute Gasteiger partial charge is 0.255 e. The summed E-state index contributed by atoms with van der Waals surface area (Å²) in [6.45, 7) is 0.398. The minimum Gasteiger partial charge on any atom is -0.394 e. The van der Waals surface area contributed by atoms with Crippen molar-refractivity contribution in [2.75, 3.05) is 18.2 Å². The molecule has 0 aliphatic heterocycles. The van der Waals surface area contributed by atoms with Crippen molar-refractivity contribution in [1.29, 1.82) is 0 Å². The molecule has 1 amide bonds. The number of nitrogens with one attached hydrogen (secondary N) is 1. The Balaban J connectivity index is 2.20. The highest BCUT2D eigenvalue weighted by Gasteiger charge is 2.13. The Morgan fingerprint density at radius 1 is 1.24 bits per heavy atom. The molecule has 0 aliphatic carbocycles. The monoisotopic (exact) mass is 292 g/mol. The van der Waals surface area contributed by atoms with Crippen LogP contribution < -0.4 is 11.1 Å². The van der Waals surface area contributed by atoms with Crippen LogP contribution in [0.25, 0.3) is 0 Å². The Hall–Kier alpha value is -2.47. The molecule has 110 valence electrons. The molecule has 0 radical (unpaired) electrons. The number of rotatable bonds is 4. The van der Waals surface area contributed by atoms with E-state index in [1.807, 2.05) is 6.07 Å². The predicted octanol–water partition coefficient (Wildman–Crippen LogP) is 2.95. The van der Waals surface area contributed by atoms with Crippen LogP contribution in [0.2, 0.25) is 0 Å². The summed E-state index contributed by atoms with van der Waals surface area (Å²) in [7, 11) is 1.56. The number of carbonyl (C=O) groups excluding carboxylic acids is 1. The third kappa shape index (κ3) is 3.55. The second-order valence-electron chi connectivity index (χ2n) is 4.44. The zero-order valence-corrected chi connectivity index (χ0v) is 11.3. The molecule has 0 saturated carbocycles. The average Bonchev–Trinajstić information content (AvgIpc) is 2.45. The van der Waals surface area contributed by atoms with Gasteiger partial charge in [0.05, 0.1) is 6.61 Å². The lowest BCUT2D eigenvalue weighted by molar-refractivity contribution is 0.102. The van der Waals surface area contributed by atoms with Crippen LogP contribution >= 0.6 is 0 Å². The highest BCUT2D eigenvalue weighted by atomic mass is 19.1. The molecule has 0 unspecified atom stereocenters. The van der Waals surface area contributed by atoms with Gasteiger partial charge in [-0.05, 0) is 29.8 Å². The molecule has 0 saturated heterocycles. The van der Waals surface area contributed by atoms with Crippen LogP contribution in [0.1, 0.15) is 15.9 Å². The zero-order valence-electron chi connectivity index (χ0n) is 11.3. The first-order valence-corrected chi connectivity index (χ1v) is 6.15. The van der Waals surface area contributed by atoms with Gasteiger partial charge in [0.1, 0.15) is 17.3 Å². The molecule has 3 N–H and O–H groups in total. The lowest BCUT2D eigenvalue weighted by atomic mass is 10.1. The number of carbonyl (C=O) groups is 1. The maximum atomic E-state index is 13.3. The fourth-order valence-corrected chi connectivity index (χ4v) is 1.82. The van der Waals surface area contributed by atoms with Gasteiger partial charge >= 0.3 is 0 Å². The van der Waals surface area contributed by atoms with E-state index < -0.39 is 23.2 Å². The largest absolute Gasteiger partial charge is 0.394 e. The van der Waals surface area contributed by atoms with Crippen LogP contribution in [0.4, 0.5) is 20.2 Å². The maximum absolute atomic E-state index is 13.3. The first kappa shape index (κ1) is 14.9. The Bertz CT molecular complexity index is 651. The molecule has 0 heterocycles. The van der Waals surface area contributed by atoms with Crippen molar-refractivity contribution in [1.82, 2.24) is 0 Å². The molecule has 0 spiro atoms. The molecule has 0 bridgehead atoms. The molecule has 21 heavy (non-hydrogen) atoms. The van der Waals surface area contributed by atoms with E-state index in [9.17, 15) is 13.6 Å². The van der Waals surface area contributed by atoms with Crippen LogP contribution in [0, 0.1) is 11.6 Å². The van der Waals surface area contributed by atoms with Gasteiger partial charge in [0.15, 0.2) is 0 Å². The quantitative estimate of drug-likeness (QED) is 0.852. The molecular formula is C15H14F2N2O2. The normalized spacial score (nSPS) is 10.4. The number of halogens is 2. The lowest BCUT2D eigenvalue weighted by Gasteiger charge is -2.08. The highest BCUT2D eigenvalue weighted by molar-refractivity contribution is 6.04. The van der Waals surface area contributed by atoms with Crippen molar-refractivity contribution in [3.05, 3.63) is 59.2 Å². The minimum absolute atomic E-state index is 0.142. The first-order chi connectivity index (χ1) is 10.0. The topological polar surface area (TPSA) is 64.3 Å². The third-order valence-electron chi connectivity index (χ3n) is 2.84. The van der Waals surface area contributed by atoms with Gasteiger partial charge in [0.2, 0.25) is 0 Å². The molecular weight excluding hydrogens is 278 g/mol. The second kappa shape index (κ2) is 6.32. The number of amides is 1. The summed E-state index contributed by atoms with van der Waals surface area (Å²) < 4.78 is 31.7. The fraction of sp³-hybridized carbons (Fsp3) is 0.133. The summed E-state index contributed by atoms with van der Waals surface area (Å²) in [6.07, 6.45) is 0. The summed E-state index contributed by atoms with van der Waals surface area (Å²) in [5, 5.41) is 2.56. The summed E-state index contributed by atoms with van der Waals surface area (Å²) in [6, 6.07) is 8.75. The lowest BCUT2D eigenvalue weighted by Crippen LogP contribution is -2.13. The first-order valence-electron chi connectivity index (χ1n) is 6.15. The van der Waals surface area contributed by atoms with Crippen molar-refractivity contribution in [2.45, 2.75) is 6.61 Å². The van der Waals surface area contributed by atoms with Crippen molar-refractivity contribution in [3.63, 3.8) is 0 Å². The second-order valence-corrected chi connectivity index (χ2v) is 4.44. The number of hydrogen-bond donors (Lipinski definition) is 2. The number of hydrogen-bond acceptors (Lipinski definition) is 3. The van der Waals surface area contributed by atoms with Gasteiger partial charge in [0.25, 0.3) is 5.91 Å². The van der Waals surface area contributed by atoms with E-state index in [1.165, 1.54) is 0 Å². The van der Waals surface area contributed by atoms with Crippen molar-refractivity contribution in [2.24, 2.45) is 0 Å². The van der Waals surface area contributed by atoms with Gasteiger partial charge in [-0.1, -0.05) is 12.1 Å². The van der Waals surface area contributed by atoms with Gasteiger partial charge in [-0.25, -0.2) is 8.78 Å². The van der Waals surface area contributed by atoms with E-state index in [-0.39, 0.29) is 5.56 Å². The van der Waals surface area contributed by atoms with Crippen LogP contribution in [-0.4, -0.2) is 13.0 Å². The number of ether oxygens (including phenoxy) is 1. The van der Waals surface area contributed by atoms with Crippen LogP contribution in [-0.2, 0) is 11.3 Å². The van der Waals surface area contributed by atoms with Gasteiger partial charge < -0.3 is 15.8 Å². The third-order valence-corrected chi connectivity index (χ3v) is 2.84. The summed E-state index contributed by atoms with van der Waals surface area (Å²) in [4.78, 5) is 12.0. The predicted molar refractivity (Wildman–Crippen MR) is 75.9 cm³/mol. The van der Waals surface area contributed by atoms with Crippen LogP contribution in [0.3, 0.4) is 0 Å². The SMILES string of the molecule is COCc1cccc(NC(=O)c2cc(F)c(N)c(F)c2)c1. The molecule has 0 atom stereocenters. The van der Waals surface area contributed by atoms with E-state index in [4.69, 9.17) is 10.5 Å². The average molecular weight is 292 g/mol. The standard InChI is InChI=1S/C15H14F2N2O2/c1-21-8-9-3-2-4-11(5-9)19-15(20)10-6-12(16)14(18)13(17)7-10/h2-7H,8,18H2,1H3,(H,19,20).